The Balaban J connectivity index is 5.63. The topological polar surface area (TPSA) is 423 Å². The largest absolute Gasteiger partial charge is 0.481 e. The number of rotatable bonds is 25. The van der Waals surface area contributed by atoms with Crippen LogP contribution >= 0.6 is 0 Å². The van der Waals surface area contributed by atoms with Gasteiger partial charge in [-0.3, -0.25) is 43.2 Å². The first-order valence-electron chi connectivity index (χ1n) is 16.6. The zero-order valence-electron chi connectivity index (χ0n) is 30.3. The first kappa shape index (κ1) is 49.5. The van der Waals surface area contributed by atoms with Crippen molar-refractivity contribution in [2.75, 3.05) is 13.2 Å². The summed E-state index contributed by atoms with van der Waals surface area (Å²) in [4.78, 5) is 122. The summed E-state index contributed by atoms with van der Waals surface area (Å²) in [7, 11) is 0. The average Bonchev–Trinajstić information content (AvgIpc) is 3.09. The number of nitrogens with one attached hydrogen (secondary N) is 7. The smallest absolute Gasteiger partial charge is 0.326 e. The molecule has 55 heavy (non-hydrogen) atoms. The molecule has 0 heterocycles. The van der Waals surface area contributed by atoms with Gasteiger partial charge in [-0.2, -0.15) is 0 Å². The lowest BCUT2D eigenvalue weighted by Crippen LogP contribution is -2.61. The van der Waals surface area contributed by atoms with Gasteiger partial charge in [0.15, 0.2) is 0 Å². The highest BCUT2D eigenvalue weighted by atomic mass is 16.4. The second kappa shape index (κ2) is 24.0. The zero-order chi connectivity index (χ0) is 42.7. The molecule has 0 fully saturated rings. The van der Waals surface area contributed by atoms with E-state index in [9.17, 15) is 73.5 Å². The highest BCUT2D eigenvalue weighted by molar-refractivity contribution is 5.97. The van der Waals surface area contributed by atoms with Gasteiger partial charge in [0, 0.05) is 12.8 Å². The van der Waals surface area contributed by atoms with E-state index in [0.717, 1.165) is 20.8 Å². The average molecular weight is 795 g/mol. The summed E-state index contributed by atoms with van der Waals surface area (Å²) in [5, 5.41) is 80.7. The summed E-state index contributed by atoms with van der Waals surface area (Å²) >= 11 is 0. The number of carbonyl (C=O) groups excluding carboxylic acids is 7. The fourth-order valence-corrected chi connectivity index (χ4v) is 4.21. The summed E-state index contributed by atoms with van der Waals surface area (Å²) in [5.74, 6) is -12.2. The molecule has 0 aromatic rings. The number of nitrogens with two attached hydrogens (primary N) is 1. The Labute approximate surface area is 313 Å². The fraction of sp³-hybridized carbons (Fsp3) is 0.667. The lowest BCUT2D eigenvalue weighted by atomic mass is 10.1. The van der Waals surface area contributed by atoms with Gasteiger partial charge in [0.2, 0.25) is 41.4 Å². The van der Waals surface area contributed by atoms with Gasteiger partial charge in [-0.1, -0.05) is 0 Å². The van der Waals surface area contributed by atoms with E-state index in [1.54, 1.807) is 0 Å². The number of aliphatic hydroxyl groups excluding tert-OH is 4. The SMILES string of the molecule is C[C@H](NC(=O)[C@H](C)NC(=O)[C@H](CCC(=O)O)NC(=O)[C@H](CO)NC(=O)[C@H](CO)NC(=O)[C@@H](N)[C@@H](C)O)C(=O)N[C@H](C(=O)N[C@@H](CCC(=O)O)C(=O)O)[C@@H](C)O. The minimum atomic E-state index is -1.82. The number of carbonyl (C=O) groups is 10. The maximum atomic E-state index is 13.1. The van der Waals surface area contributed by atoms with E-state index in [0.29, 0.717) is 0 Å². The minimum Gasteiger partial charge on any atom is -0.481 e. The van der Waals surface area contributed by atoms with Crippen LogP contribution in [0.2, 0.25) is 0 Å². The number of hydrogen-bond acceptors (Lipinski definition) is 15. The van der Waals surface area contributed by atoms with Crippen molar-refractivity contribution in [1.29, 1.82) is 0 Å². The van der Waals surface area contributed by atoms with Crippen molar-refractivity contribution in [3.05, 3.63) is 0 Å². The predicted molar refractivity (Wildman–Crippen MR) is 182 cm³/mol. The van der Waals surface area contributed by atoms with Crippen LogP contribution in [0.5, 0.6) is 0 Å². The van der Waals surface area contributed by atoms with Crippen molar-refractivity contribution >= 4 is 59.3 Å². The monoisotopic (exact) mass is 794 g/mol. The Bertz CT molecular complexity index is 1410. The van der Waals surface area contributed by atoms with Crippen LogP contribution in [0.15, 0.2) is 0 Å². The van der Waals surface area contributed by atoms with Gasteiger partial charge < -0.3 is 78.7 Å². The molecule has 25 nitrogen and oxygen atoms in total. The predicted octanol–water partition coefficient (Wildman–Crippen LogP) is -7.69. The summed E-state index contributed by atoms with van der Waals surface area (Å²) in [6, 6.07) is -13.1. The maximum absolute atomic E-state index is 13.1. The molecule has 0 aliphatic heterocycles. The molecule has 0 rings (SSSR count). The lowest BCUT2D eigenvalue weighted by molar-refractivity contribution is -0.144. The maximum Gasteiger partial charge on any atom is 0.326 e. The Morgan fingerprint density at radius 1 is 0.473 bits per heavy atom. The van der Waals surface area contributed by atoms with Crippen LogP contribution in [0.4, 0.5) is 0 Å². The van der Waals surface area contributed by atoms with Gasteiger partial charge in [0.1, 0.15) is 48.3 Å². The van der Waals surface area contributed by atoms with E-state index in [4.69, 9.17) is 15.9 Å². The standard InChI is InChI=1S/C30H50N8O17/c1-11(23(47)32-12(2)24(48)38-22(14(4)42)29(53)35-16(30(54)55)6-8-20(45)46)33-25(49)15(5-7-19(43)44)34-26(50)17(9-39)36-27(51)18(10-40)37-28(52)21(31)13(3)41/h11-18,21-22,39-42H,5-10,31H2,1-4H3,(H,32,47)(H,33,49)(H,34,50)(H,35,53)(H,36,51)(H,37,52)(H,38,48)(H,43,44)(H,45,46)(H,54,55)/t11-,12-,13+,14+,15-,16-,17-,18-,21-,22-/m0/s1. The number of aliphatic hydroxyl groups is 4. The molecule has 0 radical (unpaired) electrons. The van der Waals surface area contributed by atoms with Crippen molar-refractivity contribution in [3.63, 3.8) is 0 Å². The van der Waals surface area contributed by atoms with E-state index in [1.165, 1.54) is 6.92 Å². The first-order valence-corrected chi connectivity index (χ1v) is 16.6. The third kappa shape index (κ3) is 17.9. The van der Waals surface area contributed by atoms with Crippen molar-refractivity contribution in [1.82, 2.24) is 37.2 Å². The molecule has 0 aliphatic carbocycles. The number of hydrogen-bond donors (Lipinski definition) is 15. The van der Waals surface area contributed by atoms with Crippen molar-refractivity contribution in [2.24, 2.45) is 5.73 Å². The molecule has 10 atom stereocenters. The molecular formula is C30H50N8O17. The molecule has 16 N–H and O–H groups in total. The molecule has 0 unspecified atom stereocenters. The minimum absolute atomic E-state index is 0.513. The van der Waals surface area contributed by atoms with Crippen LogP contribution < -0.4 is 43.0 Å². The van der Waals surface area contributed by atoms with Gasteiger partial charge >= 0.3 is 17.9 Å². The second-order valence-corrected chi connectivity index (χ2v) is 12.3. The molecular weight excluding hydrogens is 744 g/mol. The fourth-order valence-electron chi connectivity index (χ4n) is 4.21. The first-order chi connectivity index (χ1) is 25.5. The van der Waals surface area contributed by atoms with Crippen LogP contribution in [0.3, 0.4) is 0 Å². The van der Waals surface area contributed by atoms with Gasteiger partial charge in [0.25, 0.3) is 0 Å². The van der Waals surface area contributed by atoms with E-state index in [1.807, 2.05) is 16.0 Å². The Morgan fingerprint density at radius 2 is 0.836 bits per heavy atom. The van der Waals surface area contributed by atoms with Gasteiger partial charge in [-0.25, -0.2) is 4.79 Å². The van der Waals surface area contributed by atoms with Crippen LogP contribution in [0.1, 0.15) is 53.4 Å². The zero-order valence-corrected chi connectivity index (χ0v) is 30.3. The third-order valence-corrected chi connectivity index (χ3v) is 7.56. The van der Waals surface area contributed by atoms with Gasteiger partial charge in [0.05, 0.1) is 25.4 Å². The number of carboxylic acid groups (broad SMARTS) is 3. The molecule has 0 aromatic carbocycles. The highest BCUT2D eigenvalue weighted by Gasteiger charge is 2.34. The molecule has 0 saturated heterocycles. The molecule has 0 aliphatic rings. The van der Waals surface area contributed by atoms with E-state index >= 15 is 0 Å². The van der Waals surface area contributed by atoms with Crippen molar-refractivity contribution in [3.8, 4) is 0 Å². The highest BCUT2D eigenvalue weighted by Crippen LogP contribution is 2.04. The van der Waals surface area contributed by atoms with E-state index in [-0.39, 0.29) is 0 Å². The Hall–Kier alpha value is -5.50. The number of amides is 7. The van der Waals surface area contributed by atoms with Crippen molar-refractivity contribution in [2.45, 2.75) is 114 Å². The third-order valence-electron chi connectivity index (χ3n) is 7.56. The Kier molecular flexibility index (Phi) is 21.6. The van der Waals surface area contributed by atoms with Crippen LogP contribution in [-0.2, 0) is 47.9 Å². The molecule has 312 valence electrons. The molecule has 0 saturated carbocycles. The number of carboxylic acids is 3. The summed E-state index contributed by atoms with van der Waals surface area (Å²) < 4.78 is 0. The van der Waals surface area contributed by atoms with Crippen LogP contribution in [0.25, 0.3) is 0 Å². The summed E-state index contributed by atoms with van der Waals surface area (Å²) in [6.45, 7) is 2.44. The summed E-state index contributed by atoms with van der Waals surface area (Å²) in [5.41, 5.74) is 5.48. The van der Waals surface area contributed by atoms with Gasteiger partial charge in [-0.15, -0.1) is 0 Å². The van der Waals surface area contributed by atoms with Crippen LogP contribution in [-0.4, -0.2) is 169 Å². The number of aliphatic carboxylic acids is 3. The molecule has 25 heteroatoms. The molecule has 0 bridgehead atoms. The van der Waals surface area contributed by atoms with Gasteiger partial charge in [-0.05, 0) is 40.5 Å². The second-order valence-electron chi connectivity index (χ2n) is 12.3. The quantitative estimate of drug-likeness (QED) is 0.0408. The normalized spacial score (nSPS) is 16.4. The van der Waals surface area contributed by atoms with E-state index in [2.05, 4.69) is 21.3 Å². The summed E-state index contributed by atoms with van der Waals surface area (Å²) in [6.07, 6.45) is -5.34. The van der Waals surface area contributed by atoms with Crippen LogP contribution in [0, 0.1) is 0 Å². The molecule has 0 aromatic heterocycles. The molecule has 0 spiro atoms. The van der Waals surface area contributed by atoms with E-state index < -0.39 is 159 Å². The van der Waals surface area contributed by atoms with Crippen molar-refractivity contribution < 1.29 is 83.7 Å². The Morgan fingerprint density at radius 3 is 1.24 bits per heavy atom. The lowest BCUT2D eigenvalue weighted by Gasteiger charge is -2.26. The molecule has 7 amide bonds.